The predicted molar refractivity (Wildman–Crippen MR) is 47.7 cm³/mol. The molecule has 12 heavy (non-hydrogen) atoms. The molecule has 64 valence electrons. The first-order valence-electron chi connectivity index (χ1n) is 2.93. The van der Waals surface area contributed by atoms with Gasteiger partial charge in [-0.05, 0) is 28.7 Å². The van der Waals surface area contributed by atoms with Gasteiger partial charge in [0, 0.05) is 9.64 Å². The van der Waals surface area contributed by atoms with E-state index in [0.717, 1.165) is 12.1 Å². The summed E-state index contributed by atoms with van der Waals surface area (Å²) in [6, 6.07) is 1.81. The maximum Gasteiger partial charge on any atom is 0.340 e. The Labute approximate surface area is 81.0 Å². The van der Waals surface area contributed by atoms with E-state index < -0.39 is 17.5 Å². The molecule has 0 spiro atoms. The Morgan fingerprint density at radius 3 is 2.50 bits per heavy atom. The molecular weight excluding hydrogens is 278 g/mol. The lowest BCUT2D eigenvalue weighted by molar-refractivity contribution is 0.0692. The molecule has 0 unspecified atom stereocenters. The van der Waals surface area contributed by atoms with Crippen LogP contribution in [0, 0.1) is 9.39 Å². The molecule has 5 heteroatoms. The van der Waals surface area contributed by atoms with Crippen LogP contribution in [0.1, 0.15) is 10.4 Å². The third kappa shape index (κ3) is 1.66. The highest BCUT2D eigenvalue weighted by atomic mass is 127. The van der Waals surface area contributed by atoms with Crippen LogP contribution >= 0.6 is 22.6 Å². The summed E-state index contributed by atoms with van der Waals surface area (Å²) in [5.41, 5.74) is -0.267. The third-order valence-corrected chi connectivity index (χ3v) is 2.10. The number of benzene rings is 1. The van der Waals surface area contributed by atoms with Crippen LogP contribution in [0.4, 0.5) is 4.39 Å². The topological polar surface area (TPSA) is 57.5 Å². The van der Waals surface area contributed by atoms with Crippen LogP contribution in [-0.2, 0) is 0 Å². The zero-order valence-corrected chi connectivity index (χ0v) is 7.87. The molecule has 0 amide bonds. The van der Waals surface area contributed by atoms with Gasteiger partial charge in [-0.3, -0.25) is 0 Å². The summed E-state index contributed by atoms with van der Waals surface area (Å²) in [5, 5.41) is 17.6. The molecule has 0 saturated carbocycles. The van der Waals surface area contributed by atoms with E-state index in [-0.39, 0.29) is 9.13 Å². The van der Waals surface area contributed by atoms with Crippen molar-refractivity contribution in [3.8, 4) is 5.75 Å². The summed E-state index contributed by atoms with van der Waals surface area (Å²) >= 11 is 1.65. The number of carboxylic acids is 1. The molecule has 1 aromatic rings. The summed E-state index contributed by atoms with van der Waals surface area (Å²) in [6.45, 7) is 0. The molecule has 0 saturated heterocycles. The zero-order valence-electron chi connectivity index (χ0n) is 5.71. The predicted octanol–water partition coefficient (Wildman–Crippen LogP) is 1.83. The minimum Gasteiger partial charge on any atom is -0.507 e. The van der Waals surface area contributed by atoms with Gasteiger partial charge in [-0.2, -0.15) is 0 Å². The first-order valence-corrected chi connectivity index (χ1v) is 4.01. The third-order valence-electron chi connectivity index (χ3n) is 1.25. The fourth-order valence-electron chi connectivity index (χ4n) is 0.772. The van der Waals surface area contributed by atoms with Crippen molar-refractivity contribution in [2.75, 3.05) is 0 Å². The molecule has 0 aliphatic carbocycles. The summed E-state index contributed by atoms with van der Waals surface area (Å²) in [7, 11) is 0. The first-order chi connectivity index (χ1) is 5.52. The van der Waals surface area contributed by atoms with Gasteiger partial charge in [0.05, 0.1) is 0 Å². The lowest BCUT2D eigenvalue weighted by atomic mass is 10.2. The molecule has 0 aliphatic rings. The number of phenols is 1. The Balaban J connectivity index is 3.38. The lowest BCUT2D eigenvalue weighted by Crippen LogP contribution is -2.00. The molecule has 3 nitrogen and oxygen atoms in total. The molecule has 1 rings (SSSR count). The number of hydrogen-bond donors (Lipinski definition) is 2. The fourth-order valence-corrected chi connectivity index (χ4v) is 1.58. The molecule has 0 radical (unpaired) electrons. The van der Waals surface area contributed by atoms with Crippen LogP contribution in [0.15, 0.2) is 12.1 Å². The van der Waals surface area contributed by atoms with Gasteiger partial charge < -0.3 is 10.2 Å². The van der Waals surface area contributed by atoms with Crippen molar-refractivity contribution in [3.63, 3.8) is 0 Å². The van der Waals surface area contributed by atoms with Crippen molar-refractivity contribution in [1.82, 2.24) is 0 Å². The van der Waals surface area contributed by atoms with Crippen LogP contribution in [0.25, 0.3) is 0 Å². The van der Waals surface area contributed by atoms with E-state index in [1.165, 1.54) is 0 Å². The second-order valence-electron chi connectivity index (χ2n) is 2.09. The summed E-state index contributed by atoms with van der Waals surface area (Å²) in [5.74, 6) is -2.47. The number of aromatic hydroxyl groups is 1. The molecular formula is C7H4FIO3. The molecule has 0 bridgehead atoms. The minimum absolute atomic E-state index is 0.178. The van der Waals surface area contributed by atoms with Gasteiger partial charge in [0.1, 0.15) is 17.1 Å². The lowest BCUT2D eigenvalue weighted by Gasteiger charge is -2.01. The SMILES string of the molecule is O=C(O)c1c(O)cc(F)cc1I. The largest absolute Gasteiger partial charge is 0.507 e. The van der Waals surface area contributed by atoms with Crippen molar-refractivity contribution in [2.24, 2.45) is 0 Å². The monoisotopic (exact) mass is 282 g/mol. The summed E-state index contributed by atoms with van der Waals surface area (Å²) < 4.78 is 12.7. The highest BCUT2D eigenvalue weighted by Crippen LogP contribution is 2.24. The maximum absolute atomic E-state index is 12.5. The molecule has 0 aliphatic heterocycles. The second-order valence-corrected chi connectivity index (χ2v) is 3.25. The fraction of sp³-hybridized carbons (Fsp3) is 0. The standard InChI is InChI=1S/C7H4FIO3/c8-3-1-4(9)6(7(11)12)5(10)2-3/h1-2,10H,(H,11,12). The number of halogens is 2. The summed E-state index contributed by atoms with van der Waals surface area (Å²) in [6.07, 6.45) is 0. The van der Waals surface area contributed by atoms with E-state index in [1.54, 1.807) is 22.6 Å². The Morgan fingerprint density at radius 1 is 1.50 bits per heavy atom. The highest BCUT2D eigenvalue weighted by Gasteiger charge is 2.14. The quantitative estimate of drug-likeness (QED) is 0.773. The molecule has 2 N–H and O–H groups in total. The Bertz CT molecular complexity index is 314. The average molecular weight is 282 g/mol. The smallest absolute Gasteiger partial charge is 0.340 e. The van der Waals surface area contributed by atoms with E-state index in [9.17, 15) is 9.18 Å². The van der Waals surface area contributed by atoms with E-state index in [1.807, 2.05) is 0 Å². The number of carboxylic acid groups (broad SMARTS) is 1. The van der Waals surface area contributed by atoms with E-state index in [4.69, 9.17) is 10.2 Å². The Hall–Kier alpha value is -0.850. The molecule has 1 aromatic carbocycles. The van der Waals surface area contributed by atoms with Crippen molar-refractivity contribution < 1.29 is 19.4 Å². The normalized spacial score (nSPS) is 9.83. The minimum atomic E-state index is -1.27. The Kier molecular flexibility index (Phi) is 2.51. The number of hydrogen-bond acceptors (Lipinski definition) is 2. The van der Waals surface area contributed by atoms with Crippen molar-refractivity contribution >= 4 is 28.6 Å². The highest BCUT2D eigenvalue weighted by molar-refractivity contribution is 14.1. The van der Waals surface area contributed by atoms with Crippen LogP contribution in [0.2, 0.25) is 0 Å². The number of rotatable bonds is 1. The zero-order chi connectivity index (χ0) is 9.30. The molecule has 0 heterocycles. The first kappa shape index (κ1) is 9.24. The second kappa shape index (κ2) is 3.26. The molecule has 0 fully saturated rings. The van der Waals surface area contributed by atoms with E-state index in [2.05, 4.69) is 0 Å². The van der Waals surface area contributed by atoms with Crippen LogP contribution in [0.5, 0.6) is 5.75 Å². The van der Waals surface area contributed by atoms with Crippen LogP contribution < -0.4 is 0 Å². The number of carbonyl (C=O) groups is 1. The van der Waals surface area contributed by atoms with Crippen LogP contribution in [-0.4, -0.2) is 16.2 Å². The Morgan fingerprint density at radius 2 is 2.08 bits per heavy atom. The van der Waals surface area contributed by atoms with Crippen molar-refractivity contribution in [1.29, 1.82) is 0 Å². The van der Waals surface area contributed by atoms with E-state index in [0.29, 0.717) is 0 Å². The van der Waals surface area contributed by atoms with Crippen LogP contribution in [0.3, 0.4) is 0 Å². The molecule has 0 atom stereocenters. The van der Waals surface area contributed by atoms with Gasteiger partial charge in [0.2, 0.25) is 0 Å². The van der Waals surface area contributed by atoms with Gasteiger partial charge in [-0.25, -0.2) is 9.18 Å². The van der Waals surface area contributed by atoms with E-state index >= 15 is 0 Å². The maximum atomic E-state index is 12.5. The van der Waals surface area contributed by atoms with Crippen molar-refractivity contribution in [3.05, 3.63) is 27.1 Å². The van der Waals surface area contributed by atoms with Gasteiger partial charge in [-0.15, -0.1) is 0 Å². The van der Waals surface area contributed by atoms with Gasteiger partial charge in [-0.1, -0.05) is 0 Å². The molecule has 0 aromatic heterocycles. The summed E-state index contributed by atoms with van der Waals surface area (Å²) in [4.78, 5) is 10.5. The average Bonchev–Trinajstić information content (AvgIpc) is 1.82. The van der Waals surface area contributed by atoms with Gasteiger partial charge >= 0.3 is 5.97 Å². The van der Waals surface area contributed by atoms with Gasteiger partial charge in [0.15, 0.2) is 0 Å². The van der Waals surface area contributed by atoms with Crippen molar-refractivity contribution in [2.45, 2.75) is 0 Å². The van der Waals surface area contributed by atoms with Gasteiger partial charge in [0.25, 0.3) is 0 Å². The number of aromatic carboxylic acids is 1.